The topological polar surface area (TPSA) is 61.8 Å². The van der Waals surface area contributed by atoms with Crippen molar-refractivity contribution in [3.63, 3.8) is 0 Å². The lowest BCUT2D eigenvalue weighted by Crippen LogP contribution is -2.56. The molecule has 0 spiro atoms. The predicted octanol–water partition coefficient (Wildman–Crippen LogP) is 5.42. The van der Waals surface area contributed by atoms with Crippen LogP contribution in [-0.2, 0) is 10.2 Å². The molecule has 4 rings (SSSR count). The lowest BCUT2D eigenvalue weighted by atomic mass is 9.58. The normalized spacial score (nSPS) is 24.8. The predicted molar refractivity (Wildman–Crippen MR) is 132 cm³/mol. The van der Waals surface area contributed by atoms with E-state index in [2.05, 4.69) is 27.6 Å². The Morgan fingerprint density at radius 1 is 1.22 bits per heavy atom. The first-order valence-corrected chi connectivity index (χ1v) is 12.1. The summed E-state index contributed by atoms with van der Waals surface area (Å²) >= 11 is 0. The summed E-state index contributed by atoms with van der Waals surface area (Å²) in [5, 5.41) is 13.3. The third kappa shape index (κ3) is 6.29. The van der Waals surface area contributed by atoms with Crippen LogP contribution < -0.4 is 10.1 Å². The standard InChI is InChI=1S/C28H31F3N2O3/c1-2-14-33-15-13-27(21-6-4-7-24(34)17-21)18-23(11-10-22(27)19-33)32-26(35)12-9-20-5-3-8-25(16-20)36-28(29,30)31/h2-9,12,16-17,22-23,34H,1,10-11,13-15,18-19H2,(H,32,35)/b12-9+. The zero-order valence-electron chi connectivity index (χ0n) is 20.0. The number of aromatic hydroxyl groups is 1. The van der Waals surface area contributed by atoms with Crippen LogP contribution in [0.15, 0.2) is 67.3 Å². The van der Waals surface area contributed by atoms with Crippen LogP contribution in [0.2, 0.25) is 0 Å². The molecule has 3 unspecified atom stereocenters. The second-order valence-electron chi connectivity index (χ2n) is 9.64. The number of benzene rings is 2. The molecule has 2 fully saturated rings. The molecule has 36 heavy (non-hydrogen) atoms. The molecule has 2 aromatic carbocycles. The number of phenolic OH excluding ortho intramolecular Hbond substituents is 1. The molecule has 1 heterocycles. The number of piperidine rings is 1. The highest BCUT2D eigenvalue weighted by molar-refractivity contribution is 5.92. The minimum atomic E-state index is -4.77. The highest BCUT2D eigenvalue weighted by Crippen LogP contribution is 2.49. The van der Waals surface area contributed by atoms with Crippen LogP contribution in [0, 0.1) is 5.92 Å². The van der Waals surface area contributed by atoms with Crippen LogP contribution >= 0.6 is 0 Å². The monoisotopic (exact) mass is 500 g/mol. The molecule has 2 aliphatic rings. The summed E-state index contributed by atoms with van der Waals surface area (Å²) in [6.07, 6.45) is 3.42. The number of amides is 1. The summed E-state index contributed by atoms with van der Waals surface area (Å²) in [5.41, 5.74) is 1.38. The number of likely N-dealkylation sites (tertiary alicyclic amines) is 1. The molecule has 1 amide bonds. The minimum absolute atomic E-state index is 0.0494. The first kappa shape index (κ1) is 25.8. The maximum atomic E-state index is 12.7. The maximum Gasteiger partial charge on any atom is 0.573 e. The van der Waals surface area contributed by atoms with E-state index in [1.165, 1.54) is 30.4 Å². The van der Waals surface area contributed by atoms with Gasteiger partial charge in [0.05, 0.1) is 0 Å². The van der Waals surface area contributed by atoms with Gasteiger partial charge >= 0.3 is 6.36 Å². The van der Waals surface area contributed by atoms with Gasteiger partial charge in [-0.25, -0.2) is 0 Å². The first-order valence-electron chi connectivity index (χ1n) is 12.1. The number of nitrogens with zero attached hydrogens (tertiary/aromatic N) is 1. The van der Waals surface area contributed by atoms with E-state index in [1.807, 2.05) is 18.2 Å². The summed E-state index contributed by atoms with van der Waals surface area (Å²) in [6.45, 7) is 6.56. The quantitative estimate of drug-likeness (QED) is 0.394. The number of carbonyl (C=O) groups is 1. The summed E-state index contributed by atoms with van der Waals surface area (Å²) in [7, 11) is 0. The van der Waals surface area contributed by atoms with Crippen molar-refractivity contribution in [1.82, 2.24) is 10.2 Å². The molecule has 2 N–H and O–H groups in total. The van der Waals surface area contributed by atoms with Gasteiger partial charge in [0.25, 0.3) is 0 Å². The SMILES string of the molecule is C=CCN1CCC2(c3cccc(O)c3)CC(NC(=O)/C=C/c3cccc(OC(F)(F)F)c3)CCC2C1. The van der Waals surface area contributed by atoms with Gasteiger partial charge in [0, 0.05) is 30.6 Å². The van der Waals surface area contributed by atoms with Crippen LogP contribution in [0.5, 0.6) is 11.5 Å². The van der Waals surface area contributed by atoms with Crippen LogP contribution in [0.4, 0.5) is 13.2 Å². The van der Waals surface area contributed by atoms with Crippen molar-refractivity contribution in [1.29, 1.82) is 0 Å². The molecule has 8 heteroatoms. The Bertz CT molecular complexity index is 1120. The number of fused-ring (bicyclic) bond motifs is 1. The van der Waals surface area contributed by atoms with Gasteiger partial charge in [0.2, 0.25) is 5.91 Å². The first-order chi connectivity index (χ1) is 17.2. The number of halogens is 3. The average Bonchev–Trinajstić information content (AvgIpc) is 2.82. The van der Waals surface area contributed by atoms with Crippen molar-refractivity contribution >= 4 is 12.0 Å². The van der Waals surface area contributed by atoms with Crippen molar-refractivity contribution < 1.29 is 27.8 Å². The van der Waals surface area contributed by atoms with E-state index in [4.69, 9.17) is 0 Å². The Balaban J connectivity index is 1.46. The molecule has 2 aromatic rings. The number of alkyl halides is 3. The third-order valence-corrected chi connectivity index (χ3v) is 7.28. The lowest BCUT2D eigenvalue weighted by Gasteiger charge is -2.53. The van der Waals surface area contributed by atoms with Gasteiger partial charge in [-0.15, -0.1) is 19.8 Å². The van der Waals surface area contributed by atoms with Crippen molar-refractivity contribution in [2.24, 2.45) is 5.92 Å². The lowest BCUT2D eigenvalue weighted by molar-refractivity contribution is -0.274. The third-order valence-electron chi connectivity index (χ3n) is 7.28. The number of rotatable bonds is 7. The van der Waals surface area contributed by atoms with Crippen LogP contribution in [0.25, 0.3) is 6.08 Å². The zero-order valence-corrected chi connectivity index (χ0v) is 20.0. The van der Waals surface area contributed by atoms with E-state index in [-0.39, 0.29) is 28.9 Å². The van der Waals surface area contributed by atoms with Crippen LogP contribution in [-0.4, -0.2) is 48.0 Å². The molecular formula is C28H31F3N2O3. The fourth-order valence-electron chi connectivity index (χ4n) is 5.74. The van der Waals surface area contributed by atoms with Gasteiger partial charge in [-0.05, 0) is 79.6 Å². The molecule has 192 valence electrons. The van der Waals surface area contributed by atoms with E-state index >= 15 is 0 Å². The maximum absolute atomic E-state index is 12.7. The van der Waals surface area contributed by atoms with Gasteiger partial charge in [0.1, 0.15) is 11.5 Å². The Morgan fingerprint density at radius 3 is 2.78 bits per heavy atom. The summed E-state index contributed by atoms with van der Waals surface area (Å²) in [6, 6.07) is 12.9. The van der Waals surface area contributed by atoms with Crippen molar-refractivity contribution in [2.45, 2.75) is 43.5 Å². The minimum Gasteiger partial charge on any atom is -0.508 e. The van der Waals surface area contributed by atoms with E-state index < -0.39 is 6.36 Å². The summed E-state index contributed by atoms with van der Waals surface area (Å²) in [4.78, 5) is 15.1. The van der Waals surface area contributed by atoms with E-state index in [0.29, 0.717) is 11.5 Å². The molecule has 1 saturated carbocycles. The molecule has 3 atom stereocenters. The van der Waals surface area contributed by atoms with Crippen molar-refractivity contribution in [2.75, 3.05) is 19.6 Å². The Kier molecular flexibility index (Phi) is 7.73. The van der Waals surface area contributed by atoms with E-state index in [0.717, 1.165) is 50.9 Å². The number of ether oxygens (including phenoxy) is 1. The molecule has 0 radical (unpaired) electrons. The molecule has 1 aliphatic carbocycles. The van der Waals surface area contributed by atoms with Gasteiger partial charge in [0.15, 0.2) is 0 Å². The molecule has 0 bridgehead atoms. The summed E-state index contributed by atoms with van der Waals surface area (Å²) < 4.78 is 41.4. The van der Waals surface area contributed by atoms with E-state index in [1.54, 1.807) is 12.1 Å². The number of nitrogens with one attached hydrogen (secondary N) is 1. The Labute approximate surface area is 209 Å². The fourth-order valence-corrected chi connectivity index (χ4v) is 5.74. The number of phenols is 1. The highest BCUT2D eigenvalue weighted by Gasteiger charge is 2.48. The van der Waals surface area contributed by atoms with E-state index in [9.17, 15) is 23.1 Å². The fraction of sp³-hybridized carbons (Fsp3) is 0.393. The number of hydrogen-bond donors (Lipinski definition) is 2. The second-order valence-corrected chi connectivity index (χ2v) is 9.64. The average molecular weight is 501 g/mol. The summed E-state index contributed by atoms with van der Waals surface area (Å²) in [5.74, 6) is 0.00279. The van der Waals surface area contributed by atoms with Gasteiger partial charge in [-0.1, -0.05) is 30.3 Å². The highest BCUT2D eigenvalue weighted by atomic mass is 19.4. The Hall–Kier alpha value is -3.26. The largest absolute Gasteiger partial charge is 0.573 e. The Morgan fingerprint density at radius 2 is 2.03 bits per heavy atom. The molecular weight excluding hydrogens is 469 g/mol. The smallest absolute Gasteiger partial charge is 0.508 e. The van der Waals surface area contributed by atoms with Crippen molar-refractivity contribution in [3.8, 4) is 11.5 Å². The zero-order chi connectivity index (χ0) is 25.8. The molecule has 1 saturated heterocycles. The molecule has 0 aromatic heterocycles. The van der Waals surface area contributed by atoms with Crippen molar-refractivity contribution in [3.05, 3.63) is 78.4 Å². The van der Waals surface area contributed by atoms with Gasteiger partial charge in [-0.2, -0.15) is 0 Å². The molecule has 1 aliphatic heterocycles. The second kappa shape index (κ2) is 10.8. The van der Waals surface area contributed by atoms with Crippen LogP contribution in [0.3, 0.4) is 0 Å². The van der Waals surface area contributed by atoms with Gasteiger partial charge < -0.3 is 15.2 Å². The molecule has 5 nitrogen and oxygen atoms in total. The number of carbonyl (C=O) groups excluding carboxylic acids is 1. The van der Waals surface area contributed by atoms with Gasteiger partial charge in [-0.3, -0.25) is 9.69 Å². The van der Waals surface area contributed by atoms with Crippen LogP contribution in [0.1, 0.15) is 36.8 Å². The number of hydrogen-bond acceptors (Lipinski definition) is 4.